The van der Waals surface area contributed by atoms with Crippen molar-refractivity contribution in [2.45, 2.75) is 25.7 Å². The van der Waals surface area contributed by atoms with E-state index in [2.05, 4.69) is 15.4 Å². The van der Waals surface area contributed by atoms with Crippen LogP contribution in [0.2, 0.25) is 0 Å². The topological polar surface area (TPSA) is 87.8 Å². The summed E-state index contributed by atoms with van der Waals surface area (Å²) in [5, 5.41) is 14.7. The van der Waals surface area contributed by atoms with Gasteiger partial charge in [-0.05, 0) is 37.5 Å². The molecule has 0 aromatic heterocycles. The molecule has 3 rings (SSSR count). The first-order chi connectivity index (χ1) is 13.5. The number of hydrazone groups is 1. The van der Waals surface area contributed by atoms with E-state index in [4.69, 9.17) is 0 Å². The van der Waals surface area contributed by atoms with Gasteiger partial charge in [0.2, 0.25) is 5.91 Å². The fourth-order valence-electron chi connectivity index (χ4n) is 3.19. The van der Waals surface area contributed by atoms with Gasteiger partial charge in [0, 0.05) is 36.0 Å². The van der Waals surface area contributed by atoms with Gasteiger partial charge in [0.05, 0.1) is 17.6 Å². The molecule has 0 atom stereocenters. The molecule has 1 amide bonds. The summed E-state index contributed by atoms with van der Waals surface area (Å²) < 4.78 is 14.3. The number of piperidine rings is 1. The molecule has 1 saturated heterocycles. The monoisotopic (exact) mass is 384 g/mol. The Balaban J connectivity index is 1.60. The van der Waals surface area contributed by atoms with Crippen LogP contribution in [0.1, 0.15) is 30.4 Å². The van der Waals surface area contributed by atoms with Gasteiger partial charge in [0.25, 0.3) is 5.69 Å². The molecule has 1 N–H and O–H groups in total. The highest BCUT2D eigenvalue weighted by Crippen LogP contribution is 2.22. The third-order valence-corrected chi connectivity index (χ3v) is 4.64. The summed E-state index contributed by atoms with van der Waals surface area (Å²) in [5.74, 6) is -0.935. The summed E-state index contributed by atoms with van der Waals surface area (Å²) in [4.78, 5) is 24.6. The first-order valence-corrected chi connectivity index (χ1v) is 9.13. The quantitative estimate of drug-likeness (QED) is 0.470. The van der Waals surface area contributed by atoms with Gasteiger partial charge in [-0.25, -0.2) is 9.82 Å². The molecular formula is C20H21FN4O3. The minimum Gasteiger partial charge on any atom is -0.371 e. The first-order valence-electron chi connectivity index (χ1n) is 9.13. The number of para-hydroxylation sites is 1. The van der Waals surface area contributed by atoms with E-state index >= 15 is 0 Å². The van der Waals surface area contributed by atoms with Crippen molar-refractivity contribution in [2.75, 3.05) is 18.0 Å². The molecule has 1 aliphatic heterocycles. The number of nitrogens with one attached hydrogen (secondary N) is 1. The van der Waals surface area contributed by atoms with Gasteiger partial charge in [-0.3, -0.25) is 14.9 Å². The van der Waals surface area contributed by atoms with Crippen LogP contribution >= 0.6 is 0 Å². The normalized spacial score (nSPS) is 14.2. The van der Waals surface area contributed by atoms with Gasteiger partial charge in [-0.15, -0.1) is 0 Å². The van der Waals surface area contributed by atoms with Crippen LogP contribution in [0.3, 0.4) is 0 Å². The number of nitrogens with zero attached hydrogens (tertiary/aromatic N) is 3. The van der Waals surface area contributed by atoms with E-state index in [1.54, 1.807) is 12.1 Å². The van der Waals surface area contributed by atoms with Gasteiger partial charge in [-0.1, -0.05) is 18.2 Å². The lowest BCUT2D eigenvalue weighted by atomic mass is 10.1. The maximum absolute atomic E-state index is 14.3. The van der Waals surface area contributed by atoms with Gasteiger partial charge in [0.1, 0.15) is 5.82 Å². The molecule has 146 valence electrons. The molecule has 28 heavy (non-hydrogen) atoms. The lowest BCUT2D eigenvalue weighted by Crippen LogP contribution is -2.29. The lowest BCUT2D eigenvalue weighted by molar-refractivity contribution is -0.385. The Kier molecular flexibility index (Phi) is 6.31. The zero-order valence-corrected chi connectivity index (χ0v) is 15.3. The minimum atomic E-state index is -0.537. The predicted octanol–water partition coefficient (Wildman–Crippen LogP) is 3.42. The summed E-state index contributed by atoms with van der Waals surface area (Å²) in [6.07, 6.45) is 4.46. The Morgan fingerprint density at radius 3 is 2.68 bits per heavy atom. The van der Waals surface area contributed by atoms with Gasteiger partial charge >= 0.3 is 0 Å². The third kappa shape index (κ3) is 4.91. The Bertz CT molecular complexity index is 895. The summed E-state index contributed by atoms with van der Waals surface area (Å²) in [6, 6.07) is 10.9. The Labute approximate surface area is 162 Å². The Hall–Kier alpha value is -3.29. The fourth-order valence-corrected chi connectivity index (χ4v) is 3.19. The molecule has 1 aliphatic rings. The van der Waals surface area contributed by atoms with E-state index in [0.717, 1.165) is 31.6 Å². The average molecular weight is 384 g/mol. The van der Waals surface area contributed by atoms with Crippen molar-refractivity contribution >= 4 is 23.5 Å². The fraction of sp³-hybridized carbons (Fsp3) is 0.300. The van der Waals surface area contributed by atoms with Crippen LogP contribution in [0.15, 0.2) is 47.6 Å². The van der Waals surface area contributed by atoms with Crippen molar-refractivity contribution in [1.29, 1.82) is 0 Å². The molecule has 1 fully saturated rings. The third-order valence-electron chi connectivity index (χ3n) is 4.64. The van der Waals surface area contributed by atoms with E-state index in [1.165, 1.54) is 36.9 Å². The van der Waals surface area contributed by atoms with Crippen molar-refractivity contribution < 1.29 is 14.1 Å². The number of nitro groups is 1. The highest BCUT2D eigenvalue weighted by Gasteiger charge is 2.15. The number of halogens is 1. The molecule has 2 aromatic carbocycles. The number of anilines is 1. The summed E-state index contributed by atoms with van der Waals surface area (Å²) in [5.41, 5.74) is 3.55. The van der Waals surface area contributed by atoms with Crippen LogP contribution in [0.5, 0.6) is 0 Å². The number of carbonyl (C=O) groups is 1. The number of hydrogen-bond donors (Lipinski definition) is 1. The SMILES string of the molecule is O=C(Cc1ccccc1[N+](=O)[O-])N/N=C/c1ccc(N2CCCCC2)cc1F. The van der Waals surface area contributed by atoms with Crippen LogP contribution in [0.25, 0.3) is 0 Å². The standard InChI is InChI=1S/C20H21FN4O3/c21-18-13-17(24-10-4-1-5-11-24)9-8-16(18)14-22-23-20(26)12-15-6-2-3-7-19(15)25(27)28/h2-3,6-9,13-14H,1,4-5,10-12H2,(H,23,26)/b22-14+. The van der Waals surface area contributed by atoms with Crippen LogP contribution in [-0.4, -0.2) is 30.1 Å². The molecule has 2 aromatic rings. The van der Waals surface area contributed by atoms with Crippen LogP contribution in [0, 0.1) is 15.9 Å². The number of benzene rings is 2. The predicted molar refractivity (Wildman–Crippen MR) is 105 cm³/mol. The molecular weight excluding hydrogens is 363 g/mol. The van der Waals surface area contributed by atoms with Gasteiger partial charge < -0.3 is 4.90 Å². The highest BCUT2D eigenvalue weighted by atomic mass is 19.1. The van der Waals surface area contributed by atoms with Crippen molar-refractivity contribution in [1.82, 2.24) is 5.43 Å². The number of amides is 1. The van der Waals surface area contributed by atoms with Crippen molar-refractivity contribution in [2.24, 2.45) is 5.10 Å². The molecule has 0 spiro atoms. The molecule has 0 saturated carbocycles. The van der Waals surface area contributed by atoms with Crippen molar-refractivity contribution in [3.05, 3.63) is 69.5 Å². The largest absolute Gasteiger partial charge is 0.371 e. The second kappa shape index (κ2) is 9.07. The molecule has 0 radical (unpaired) electrons. The Morgan fingerprint density at radius 2 is 1.96 bits per heavy atom. The number of nitro benzene ring substituents is 1. The van der Waals surface area contributed by atoms with E-state index in [1.807, 2.05) is 6.07 Å². The summed E-state index contributed by atoms with van der Waals surface area (Å²) in [6.45, 7) is 1.85. The minimum absolute atomic E-state index is 0.124. The van der Waals surface area contributed by atoms with Gasteiger partial charge in [0.15, 0.2) is 0 Å². The average Bonchev–Trinajstić information content (AvgIpc) is 2.70. The number of carbonyl (C=O) groups excluding carboxylic acids is 1. The number of rotatable bonds is 6. The maximum atomic E-state index is 14.3. The second-order valence-corrected chi connectivity index (χ2v) is 6.61. The van der Waals surface area contributed by atoms with E-state index in [9.17, 15) is 19.3 Å². The summed E-state index contributed by atoms with van der Waals surface area (Å²) in [7, 11) is 0. The molecule has 0 unspecified atom stereocenters. The van der Waals surface area contributed by atoms with Crippen LogP contribution in [0.4, 0.5) is 15.8 Å². The van der Waals surface area contributed by atoms with E-state index < -0.39 is 16.6 Å². The first kappa shape index (κ1) is 19.5. The zero-order chi connectivity index (χ0) is 19.9. The smallest absolute Gasteiger partial charge is 0.273 e. The molecule has 7 nitrogen and oxygen atoms in total. The summed E-state index contributed by atoms with van der Waals surface area (Å²) >= 11 is 0. The zero-order valence-electron chi connectivity index (χ0n) is 15.3. The molecule has 0 aliphatic carbocycles. The van der Waals surface area contributed by atoms with E-state index in [-0.39, 0.29) is 23.2 Å². The van der Waals surface area contributed by atoms with E-state index in [0.29, 0.717) is 0 Å². The van der Waals surface area contributed by atoms with Crippen LogP contribution < -0.4 is 10.3 Å². The lowest BCUT2D eigenvalue weighted by Gasteiger charge is -2.28. The van der Waals surface area contributed by atoms with Crippen LogP contribution in [-0.2, 0) is 11.2 Å². The highest BCUT2D eigenvalue weighted by molar-refractivity contribution is 5.84. The Morgan fingerprint density at radius 1 is 1.21 bits per heavy atom. The molecule has 0 bridgehead atoms. The number of hydrogen-bond acceptors (Lipinski definition) is 5. The van der Waals surface area contributed by atoms with Gasteiger partial charge in [-0.2, -0.15) is 5.10 Å². The second-order valence-electron chi connectivity index (χ2n) is 6.61. The maximum Gasteiger partial charge on any atom is 0.273 e. The molecule has 1 heterocycles. The van der Waals surface area contributed by atoms with Crippen molar-refractivity contribution in [3.8, 4) is 0 Å². The van der Waals surface area contributed by atoms with Crippen molar-refractivity contribution in [3.63, 3.8) is 0 Å². The molecule has 8 heteroatoms.